The lowest BCUT2D eigenvalue weighted by Gasteiger charge is -2.47. The van der Waals surface area contributed by atoms with Crippen molar-refractivity contribution in [1.29, 1.82) is 0 Å². The zero-order valence-electron chi connectivity index (χ0n) is 13.5. The average Bonchev–Trinajstić information content (AvgIpc) is 2.60. The molecule has 0 bridgehead atoms. The van der Waals surface area contributed by atoms with Crippen molar-refractivity contribution in [3.05, 3.63) is 35.4 Å². The minimum atomic E-state index is -0.289. The lowest BCUT2D eigenvalue weighted by Crippen LogP contribution is -2.55. The van der Waals surface area contributed by atoms with Gasteiger partial charge in [-0.2, -0.15) is 0 Å². The SMILES string of the molecule is O[C@H]1CCCOC12CCN(CC1=Cc3ccccc3OC1)CC2. The second-order valence-corrected chi connectivity index (χ2v) is 6.98. The number of aliphatic hydroxyl groups excluding tert-OH is 1. The molecule has 2 fully saturated rings. The molecular weight excluding hydrogens is 290 g/mol. The fraction of sp³-hybridized carbons (Fsp3) is 0.579. The fourth-order valence-corrected chi connectivity index (χ4v) is 4.02. The molecule has 0 aromatic heterocycles. The van der Waals surface area contributed by atoms with Crippen LogP contribution in [-0.2, 0) is 4.74 Å². The van der Waals surface area contributed by atoms with E-state index < -0.39 is 0 Å². The number of aliphatic hydroxyl groups is 1. The fourth-order valence-electron chi connectivity index (χ4n) is 4.02. The summed E-state index contributed by atoms with van der Waals surface area (Å²) in [5.41, 5.74) is 2.22. The zero-order chi connectivity index (χ0) is 15.7. The summed E-state index contributed by atoms with van der Waals surface area (Å²) in [6.45, 7) is 4.39. The van der Waals surface area contributed by atoms with E-state index in [0.29, 0.717) is 6.61 Å². The quantitative estimate of drug-likeness (QED) is 0.910. The van der Waals surface area contributed by atoms with Crippen LogP contribution in [0.25, 0.3) is 6.08 Å². The standard InChI is InChI=1S/C19H25NO3/c21-18-6-3-11-23-19(18)7-9-20(10-8-19)13-15-12-16-4-1-2-5-17(16)22-14-15/h1-2,4-5,12,18,21H,3,6-11,13-14H2/t18-/m0/s1. The smallest absolute Gasteiger partial charge is 0.127 e. The molecule has 4 rings (SSSR count). The van der Waals surface area contributed by atoms with Crippen LogP contribution in [0.1, 0.15) is 31.2 Å². The van der Waals surface area contributed by atoms with Crippen molar-refractivity contribution in [1.82, 2.24) is 4.90 Å². The molecule has 0 saturated carbocycles. The topological polar surface area (TPSA) is 41.9 Å². The van der Waals surface area contributed by atoms with Crippen LogP contribution in [0.3, 0.4) is 0 Å². The summed E-state index contributed by atoms with van der Waals surface area (Å²) in [4.78, 5) is 2.46. The minimum Gasteiger partial charge on any atom is -0.489 e. The number of ether oxygens (including phenoxy) is 2. The molecule has 0 radical (unpaired) electrons. The van der Waals surface area contributed by atoms with E-state index >= 15 is 0 Å². The van der Waals surface area contributed by atoms with Gasteiger partial charge in [0, 0.05) is 31.8 Å². The van der Waals surface area contributed by atoms with Crippen LogP contribution >= 0.6 is 0 Å². The van der Waals surface area contributed by atoms with Gasteiger partial charge >= 0.3 is 0 Å². The molecule has 23 heavy (non-hydrogen) atoms. The van der Waals surface area contributed by atoms with Gasteiger partial charge in [-0.1, -0.05) is 18.2 Å². The molecule has 1 spiro atoms. The first-order chi connectivity index (χ1) is 11.3. The van der Waals surface area contributed by atoms with Gasteiger partial charge in [-0.05, 0) is 43.4 Å². The molecule has 3 heterocycles. The molecule has 3 aliphatic heterocycles. The number of likely N-dealkylation sites (tertiary alicyclic amines) is 1. The summed E-state index contributed by atoms with van der Waals surface area (Å²) in [6, 6.07) is 8.19. The average molecular weight is 315 g/mol. The van der Waals surface area contributed by atoms with Gasteiger partial charge in [0.2, 0.25) is 0 Å². The number of piperidine rings is 1. The molecule has 4 nitrogen and oxygen atoms in total. The van der Waals surface area contributed by atoms with Crippen LogP contribution in [0.2, 0.25) is 0 Å². The number of para-hydroxylation sites is 1. The summed E-state index contributed by atoms with van der Waals surface area (Å²) >= 11 is 0. The van der Waals surface area contributed by atoms with Crippen molar-refractivity contribution < 1.29 is 14.6 Å². The summed E-state index contributed by atoms with van der Waals surface area (Å²) in [6.07, 6.45) is 5.70. The van der Waals surface area contributed by atoms with E-state index in [4.69, 9.17) is 9.47 Å². The molecule has 0 amide bonds. The monoisotopic (exact) mass is 315 g/mol. The predicted octanol–water partition coefficient (Wildman–Crippen LogP) is 2.47. The van der Waals surface area contributed by atoms with E-state index in [9.17, 15) is 5.11 Å². The van der Waals surface area contributed by atoms with Gasteiger partial charge in [-0.25, -0.2) is 0 Å². The number of benzene rings is 1. The molecule has 1 atom stereocenters. The first-order valence-electron chi connectivity index (χ1n) is 8.71. The Kier molecular flexibility index (Phi) is 4.14. The lowest BCUT2D eigenvalue weighted by molar-refractivity contribution is -0.176. The van der Waals surface area contributed by atoms with Crippen molar-refractivity contribution >= 4 is 6.08 Å². The van der Waals surface area contributed by atoms with E-state index in [1.54, 1.807) is 0 Å². The normalized spacial score (nSPS) is 27.2. The third-order valence-electron chi connectivity index (χ3n) is 5.44. The summed E-state index contributed by atoms with van der Waals surface area (Å²) in [5, 5.41) is 10.3. The molecule has 4 heteroatoms. The van der Waals surface area contributed by atoms with Crippen LogP contribution in [0.5, 0.6) is 5.75 Å². The maximum atomic E-state index is 10.3. The number of rotatable bonds is 2. The summed E-state index contributed by atoms with van der Waals surface area (Å²) < 4.78 is 11.8. The first kappa shape index (κ1) is 15.2. The molecule has 124 valence electrons. The van der Waals surface area contributed by atoms with Crippen molar-refractivity contribution in [3.63, 3.8) is 0 Å². The van der Waals surface area contributed by atoms with Gasteiger partial charge in [0.25, 0.3) is 0 Å². The third kappa shape index (κ3) is 3.03. The molecular formula is C19H25NO3. The highest BCUT2D eigenvalue weighted by molar-refractivity contribution is 5.62. The van der Waals surface area contributed by atoms with Gasteiger partial charge < -0.3 is 14.6 Å². The van der Waals surface area contributed by atoms with E-state index in [1.807, 2.05) is 18.2 Å². The van der Waals surface area contributed by atoms with E-state index in [2.05, 4.69) is 17.0 Å². The first-order valence-corrected chi connectivity index (χ1v) is 8.71. The summed E-state index contributed by atoms with van der Waals surface area (Å²) in [5.74, 6) is 0.979. The van der Waals surface area contributed by atoms with Crippen LogP contribution in [0, 0.1) is 0 Å². The van der Waals surface area contributed by atoms with E-state index in [1.165, 1.54) is 11.1 Å². The molecule has 0 aliphatic carbocycles. The van der Waals surface area contributed by atoms with Crippen molar-refractivity contribution in [2.75, 3.05) is 32.8 Å². The second-order valence-electron chi connectivity index (χ2n) is 6.98. The Labute approximate surface area is 137 Å². The Morgan fingerprint density at radius 1 is 1.22 bits per heavy atom. The molecule has 1 aromatic rings. The van der Waals surface area contributed by atoms with Crippen molar-refractivity contribution in [3.8, 4) is 5.75 Å². The molecule has 0 unspecified atom stereocenters. The van der Waals surface area contributed by atoms with Crippen LogP contribution < -0.4 is 4.74 Å². The van der Waals surface area contributed by atoms with Gasteiger partial charge in [-0.3, -0.25) is 4.90 Å². The van der Waals surface area contributed by atoms with Gasteiger partial charge in [0.1, 0.15) is 12.4 Å². The minimum absolute atomic E-state index is 0.279. The molecule has 2 saturated heterocycles. The molecule has 3 aliphatic rings. The van der Waals surface area contributed by atoms with Crippen LogP contribution in [0.4, 0.5) is 0 Å². The maximum Gasteiger partial charge on any atom is 0.127 e. The Hall–Kier alpha value is -1.36. The molecule has 1 N–H and O–H groups in total. The highest BCUT2D eigenvalue weighted by Gasteiger charge is 2.43. The van der Waals surface area contributed by atoms with Crippen LogP contribution in [0.15, 0.2) is 29.8 Å². The Morgan fingerprint density at radius 2 is 2.04 bits per heavy atom. The Morgan fingerprint density at radius 3 is 2.87 bits per heavy atom. The highest BCUT2D eigenvalue weighted by Crippen LogP contribution is 2.35. The van der Waals surface area contributed by atoms with Crippen molar-refractivity contribution in [2.45, 2.75) is 37.4 Å². The number of hydrogen-bond donors (Lipinski definition) is 1. The van der Waals surface area contributed by atoms with Gasteiger partial charge in [0.05, 0.1) is 11.7 Å². The number of hydrogen-bond acceptors (Lipinski definition) is 4. The Bertz CT molecular complexity index is 590. The maximum absolute atomic E-state index is 10.3. The second kappa shape index (κ2) is 6.27. The molecule has 1 aromatic carbocycles. The third-order valence-corrected chi connectivity index (χ3v) is 5.44. The largest absolute Gasteiger partial charge is 0.489 e. The van der Waals surface area contributed by atoms with E-state index in [0.717, 1.165) is 57.7 Å². The van der Waals surface area contributed by atoms with Crippen LogP contribution in [-0.4, -0.2) is 54.6 Å². The number of fused-ring (bicyclic) bond motifs is 1. The lowest BCUT2D eigenvalue weighted by atomic mass is 9.82. The van der Waals surface area contributed by atoms with Gasteiger partial charge in [0.15, 0.2) is 0 Å². The summed E-state index contributed by atoms with van der Waals surface area (Å²) in [7, 11) is 0. The van der Waals surface area contributed by atoms with E-state index in [-0.39, 0.29) is 11.7 Å². The highest BCUT2D eigenvalue weighted by atomic mass is 16.5. The van der Waals surface area contributed by atoms with Crippen molar-refractivity contribution in [2.24, 2.45) is 0 Å². The number of nitrogens with zero attached hydrogens (tertiary/aromatic N) is 1. The van der Waals surface area contributed by atoms with Gasteiger partial charge in [-0.15, -0.1) is 0 Å². The predicted molar refractivity (Wildman–Crippen MR) is 89.5 cm³/mol. The zero-order valence-corrected chi connectivity index (χ0v) is 13.5. The Balaban J connectivity index is 1.38.